The Morgan fingerprint density at radius 1 is 1.48 bits per heavy atom. The fourth-order valence-corrected chi connectivity index (χ4v) is 2.66. The number of aliphatic imine (C=N–C) groups is 1. The molecule has 21 heavy (non-hydrogen) atoms. The Labute approximate surface area is 132 Å². The Morgan fingerprint density at radius 3 is 2.86 bits per heavy atom. The molecule has 0 fully saturated rings. The van der Waals surface area contributed by atoms with Gasteiger partial charge in [0, 0.05) is 43.5 Å². The Hall–Kier alpha value is -1.14. The second-order valence-electron chi connectivity index (χ2n) is 5.87. The predicted octanol–water partition coefficient (Wildman–Crippen LogP) is 2.31. The number of aromatic nitrogens is 1. The van der Waals surface area contributed by atoms with Crippen LogP contribution in [0.15, 0.2) is 10.4 Å². The molecule has 0 saturated heterocycles. The fourth-order valence-electron chi connectivity index (χ4n) is 1.63. The van der Waals surface area contributed by atoms with Crippen molar-refractivity contribution in [3.8, 4) is 0 Å². The number of thiazole rings is 1. The highest BCUT2D eigenvalue weighted by atomic mass is 32.1. The molecule has 1 rings (SSSR count). The largest absolute Gasteiger partial charge is 0.382 e. The molecule has 0 saturated carbocycles. The van der Waals surface area contributed by atoms with E-state index in [9.17, 15) is 0 Å². The molecule has 0 spiro atoms. The summed E-state index contributed by atoms with van der Waals surface area (Å²) in [5, 5.41) is 6.40. The Bertz CT molecular complexity index is 437. The smallest absolute Gasteiger partial charge is 0.188 e. The van der Waals surface area contributed by atoms with Crippen LogP contribution in [0.2, 0.25) is 0 Å². The summed E-state index contributed by atoms with van der Waals surface area (Å²) in [5.74, 6) is 0.499. The number of rotatable bonds is 8. The van der Waals surface area contributed by atoms with Crippen LogP contribution in [-0.2, 0) is 16.6 Å². The van der Waals surface area contributed by atoms with E-state index >= 15 is 0 Å². The van der Waals surface area contributed by atoms with E-state index in [0.717, 1.165) is 43.3 Å². The minimum absolute atomic E-state index is 0.114. The molecule has 5 nitrogen and oxygen atoms in total. The van der Waals surface area contributed by atoms with Crippen molar-refractivity contribution < 1.29 is 4.74 Å². The minimum Gasteiger partial charge on any atom is -0.382 e. The third-order valence-corrected chi connectivity index (χ3v) is 3.81. The number of guanidine groups is 1. The SMILES string of the molecule is CCOCCCN=C(N)NCCc1nc(C(C)(C)C)cs1. The first-order chi connectivity index (χ1) is 9.93. The number of nitrogens with two attached hydrogens (primary N) is 1. The summed E-state index contributed by atoms with van der Waals surface area (Å²) >= 11 is 1.71. The standard InChI is InChI=1S/C15H28N4OS/c1-5-20-10-6-8-17-14(16)18-9-7-13-19-12(11-21-13)15(2,3)4/h11H,5-10H2,1-4H3,(H3,16,17,18). The lowest BCUT2D eigenvalue weighted by molar-refractivity contribution is 0.146. The lowest BCUT2D eigenvalue weighted by atomic mass is 9.93. The first-order valence-corrected chi connectivity index (χ1v) is 8.38. The summed E-state index contributed by atoms with van der Waals surface area (Å²) in [6, 6.07) is 0. The van der Waals surface area contributed by atoms with E-state index in [0.29, 0.717) is 12.5 Å². The molecule has 0 aliphatic carbocycles. The zero-order valence-corrected chi connectivity index (χ0v) is 14.4. The average molecular weight is 312 g/mol. The Kier molecular flexibility index (Phi) is 7.67. The van der Waals surface area contributed by atoms with Crippen molar-refractivity contribution in [1.29, 1.82) is 0 Å². The van der Waals surface area contributed by atoms with Crippen molar-refractivity contribution in [2.24, 2.45) is 10.7 Å². The molecule has 0 aromatic carbocycles. The molecule has 0 atom stereocenters. The third-order valence-electron chi connectivity index (χ3n) is 2.90. The molecule has 0 aliphatic heterocycles. The molecular weight excluding hydrogens is 284 g/mol. The lowest BCUT2D eigenvalue weighted by Crippen LogP contribution is -2.33. The van der Waals surface area contributed by atoms with Crippen molar-refractivity contribution >= 4 is 17.3 Å². The van der Waals surface area contributed by atoms with Crippen LogP contribution in [0.25, 0.3) is 0 Å². The van der Waals surface area contributed by atoms with Gasteiger partial charge in [0.1, 0.15) is 0 Å². The van der Waals surface area contributed by atoms with Gasteiger partial charge in [-0.15, -0.1) is 11.3 Å². The van der Waals surface area contributed by atoms with E-state index in [1.165, 1.54) is 0 Å². The minimum atomic E-state index is 0.114. The van der Waals surface area contributed by atoms with Gasteiger partial charge in [0.15, 0.2) is 5.96 Å². The molecule has 1 heterocycles. The van der Waals surface area contributed by atoms with Gasteiger partial charge in [-0.05, 0) is 13.3 Å². The highest BCUT2D eigenvalue weighted by Crippen LogP contribution is 2.23. The maximum Gasteiger partial charge on any atom is 0.188 e. The van der Waals surface area contributed by atoms with Gasteiger partial charge in [-0.1, -0.05) is 20.8 Å². The first-order valence-electron chi connectivity index (χ1n) is 7.50. The van der Waals surface area contributed by atoms with E-state index in [2.05, 4.69) is 41.4 Å². The molecule has 0 unspecified atom stereocenters. The van der Waals surface area contributed by atoms with Crippen molar-refractivity contribution in [2.45, 2.75) is 46.0 Å². The highest BCUT2D eigenvalue weighted by molar-refractivity contribution is 7.09. The van der Waals surface area contributed by atoms with Gasteiger partial charge >= 0.3 is 0 Å². The van der Waals surface area contributed by atoms with E-state index in [1.807, 2.05) is 6.92 Å². The van der Waals surface area contributed by atoms with Crippen LogP contribution in [0.3, 0.4) is 0 Å². The maximum absolute atomic E-state index is 5.81. The number of hydrogen-bond donors (Lipinski definition) is 2. The van der Waals surface area contributed by atoms with E-state index < -0.39 is 0 Å². The van der Waals surface area contributed by atoms with Crippen LogP contribution in [-0.4, -0.2) is 37.2 Å². The zero-order valence-electron chi connectivity index (χ0n) is 13.6. The summed E-state index contributed by atoms with van der Waals surface area (Å²) in [6.07, 6.45) is 1.77. The molecule has 0 aliphatic rings. The number of nitrogens with zero attached hydrogens (tertiary/aromatic N) is 2. The molecule has 1 aromatic heterocycles. The molecule has 6 heteroatoms. The third kappa shape index (κ3) is 7.43. The zero-order chi connectivity index (χ0) is 15.7. The van der Waals surface area contributed by atoms with Crippen molar-refractivity contribution in [3.05, 3.63) is 16.1 Å². The molecule has 3 N–H and O–H groups in total. The van der Waals surface area contributed by atoms with E-state index in [1.54, 1.807) is 11.3 Å². The molecule has 120 valence electrons. The lowest BCUT2D eigenvalue weighted by Gasteiger charge is -2.14. The quantitative estimate of drug-likeness (QED) is 0.439. The van der Waals surface area contributed by atoms with Crippen LogP contribution in [0, 0.1) is 0 Å². The first kappa shape index (κ1) is 17.9. The van der Waals surface area contributed by atoms with Gasteiger partial charge in [-0.25, -0.2) is 4.98 Å². The Morgan fingerprint density at radius 2 is 2.24 bits per heavy atom. The van der Waals surface area contributed by atoms with Crippen LogP contribution in [0.1, 0.15) is 44.8 Å². The number of ether oxygens (including phenoxy) is 1. The van der Waals surface area contributed by atoms with Crippen LogP contribution in [0.4, 0.5) is 0 Å². The molecule has 0 amide bonds. The summed E-state index contributed by atoms with van der Waals surface area (Å²) in [5.41, 5.74) is 7.08. The second kappa shape index (κ2) is 9.00. The molecule has 0 radical (unpaired) electrons. The Balaban J connectivity index is 2.23. The van der Waals surface area contributed by atoms with Crippen LogP contribution < -0.4 is 11.1 Å². The van der Waals surface area contributed by atoms with E-state index in [4.69, 9.17) is 10.5 Å². The van der Waals surface area contributed by atoms with Crippen molar-refractivity contribution in [2.75, 3.05) is 26.3 Å². The number of hydrogen-bond acceptors (Lipinski definition) is 4. The fraction of sp³-hybridized carbons (Fsp3) is 0.733. The predicted molar refractivity (Wildman–Crippen MR) is 90.1 cm³/mol. The van der Waals surface area contributed by atoms with Gasteiger partial charge in [0.2, 0.25) is 0 Å². The average Bonchev–Trinajstić information content (AvgIpc) is 2.87. The van der Waals surface area contributed by atoms with Gasteiger partial charge in [-0.3, -0.25) is 4.99 Å². The summed E-state index contributed by atoms with van der Waals surface area (Å²) < 4.78 is 5.25. The maximum atomic E-state index is 5.81. The van der Waals surface area contributed by atoms with E-state index in [-0.39, 0.29) is 5.41 Å². The van der Waals surface area contributed by atoms with Gasteiger partial charge in [0.05, 0.1) is 10.7 Å². The molecule has 1 aromatic rings. The monoisotopic (exact) mass is 312 g/mol. The summed E-state index contributed by atoms with van der Waals surface area (Å²) in [4.78, 5) is 8.91. The molecule has 0 bridgehead atoms. The van der Waals surface area contributed by atoms with Crippen molar-refractivity contribution in [3.63, 3.8) is 0 Å². The summed E-state index contributed by atoms with van der Waals surface area (Å²) in [7, 11) is 0. The highest BCUT2D eigenvalue weighted by Gasteiger charge is 2.17. The van der Waals surface area contributed by atoms with Gasteiger partial charge in [-0.2, -0.15) is 0 Å². The van der Waals surface area contributed by atoms with Crippen LogP contribution in [0.5, 0.6) is 0 Å². The van der Waals surface area contributed by atoms with Crippen molar-refractivity contribution in [1.82, 2.24) is 10.3 Å². The molecular formula is C15H28N4OS. The summed E-state index contributed by atoms with van der Waals surface area (Å²) in [6.45, 7) is 11.5. The van der Waals surface area contributed by atoms with Gasteiger partial charge in [0.25, 0.3) is 0 Å². The normalized spacial score (nSPS) is 12.7. The number of nitrogens with one attached hydrogen (secondary N) is 1. The topological polar surface area (TPSA) is 72.5 Å². The van der Waals surface area contributed by atoms with Crippen LogP contribution >= 0.6 is 11.3 Å². The second-order valence-corrected chi connectivity index (χ2v) is 6.81. The van der Waals surface area contributed by atoms with Gasteiger partial charge < -0.3 is 15.8 Å².